The summed E-state index contributed by atoms with van der Waals surface area (Å²) in [5, 5.41) is 10.4. The lowest BCUT2D eigenvalue weighted by Crippen LogP contribution is -2.21. The number of hydrogen-bond acceptors (Lipinski definition) is 3. The lowest BCUT2D eigenvalue weighted by atomic mass is 10.2. The summed E-state index contributed by atoms with van der Waals surface area (Å²) in [6.07, 6.45) is 2.78. The summed E-state index contributed by atoms with van der Waals surface area (Å²) in [5.41, 5.74) is 2.01. The summed E-state index contributed by atoms with van der Waals surface area (Å²) in [6, 6.07) is 15.8. The highest BCUT2D eigenvalue weighted by Crippen LogP contribution is 2.21. The second kappa shape index (κ2) is 6.95. The fourth-order valence-corrected chi connectivity index (χ4v) is 2.91. The Bertz CT molecular complexity index is 657. The van der Waals surface area contributed by atoms with Crippen LogP contribution in [0.4, 0.5) is 0 Å². The molecule has 1 atom stereocenters. The van der Waals surface area contributed by atoms with E-state index in [0.717, 1.165) is 26.1 Å². The molecule has 2 aromatic carbocycles. The fourth-order valence-electron chi connectivity index (χ4n) is 2.73. The molecular formula is C18H19ClN2O. The second-order valence-corrected chi connectivity index (χ2v) is 6.08. The van der Waals surface area contributed by atoms with Crippen molar-refractivity contribution in [2.24, 2.45) is 4.99 Å². The number of phenolic OH excluding ortho intramolecular Hbond substituents is 1. The first-order valence-corrected chi connectivity index (χ1v) is 7.86. The van der Waals surface area contributed by atoms with Gasteiger partial charge in [-0.15, -0.1) is 0 Å². The Labute approximate surface area is 135 Å². The summed E-state index contributed by atoms with van der Waals surface area (Å²) in [5.74, 6) is 0.215. The van der Waals surface area contributed by atoms with E-state index < -0.39 is 0 Å². The van der Waals surface area contributed by atoms with Gasteiger partial charge in [0.1, 0.15) is 5.75 Å². The highest BCUT2D eigenvalue weighted by atomic mass is 35.5. The summed E-state index contributed by atoms with van der Waals surface area (Å²) >= 11 is 5.94. The molecule has 0 aromatic heterocycles. The topological polar surface area (TPSA) is 35.8 Å². The molecule has 2 aromatic rings. The van der Waals surface area contributed by atoms with Crippen LogP contribution in [-0.2, 0) is 6.54 Å². The first kappa shape index (κ1) is 15.1. The van der Waals surface area contributed by atoms with Crippen molar-refractivity contribution in [3.8, 4) is 5.75 Å². The predicted octanol–water partition coefficient (Wildman–Crippen LogP) is 3.74. The van der Waals surface area contributed by atoms with Gasteiger partial charge in [-0.25, -0.2) is 0 Å². The second-order valence-electron chi connectivity index (χ2n) is 5.64. The highest BCUT2D eigenvalue weighted by Gasteiger charge is 2.21. The molecular weight excluding hydrogens is 296 g/mol. The summed E-state index contributed by atoms with van der Waals surface area (Å²) in [6.45, 7) is 2.97. The summed E-state index contributed by atoms with van der Waals surface area (Å²) in [4.78, 5) is 7.01. The standard InChI is InChI=1S/C18H19ClN2O/c19-16-6-7-18(22)15(10-16)11-20-17-8-9-21(13-17)12-14-4-2-1-3-5-14/h1-7,10-11,17,22H,8-9,12-13H2/t17-/m1/s1. The molecule has 0 bridgehead atoms. The maximum absolute atomic E-state index is 9.80. The molecule has 1 fully saturated rings. The number of aromatic hydroxyl groups is 1. The van der Waals surface area contributed by atoms with E-state index in [-0.39, 0.29) is 11.8 Å². The van der Waals surface area contributed by atoms with Crippen LogP contribution in [0.25, 0.3) is 0 Å². The number of aliphatic imine (C=N–C) groups is 1. The van der Waals surface area contributed by atoms with Crippen molar-refractivity contribution >= 4 is 17.8 Å². The van der Waals surface area contributed by atoms with Gasteiger partial charge in [0, 0.05) is 36.4 Å². The molecule has 3 nitrogen and oxygen atoms in total. The Morgan fingerprint density at radius 2 is 2.05 bits per heavy atom. The maximum atomic E-state index is 9.80. The molecule has 1 saturated heterocycles. The number of benzene rings is 2. The molecule has 0 amide bonds. The number of hydrogen-bond donors (Lipinski definition) is 1. The van der Waals surface area contributed by atoms with Crippen LogP contribution in [0.3, 0.4) is 0 Å². The zero-order valence-corrected chi connectivity index (χ0v) is 13.1. The average Bonchev–Trinajstić information content (AvgIpc) is 2.97. The normalized spacial score (nSPS) is 19.0. The van der Waals surface area contributed by atoms with E-state index in [2.05, 4.69) is 34.2 Å². The van der Waals surface area contributed by atoms with Crippen molar-refractivity contribution in [1.29, 1.82) is 0 Å². The Hall–Kier alpha value is -1.84. The Morgan fingerprint density at radius 3 is 2.86 bits per heavy atom. The van der Waals surface area contributed by atoms with Crippen molar-refractivity contribution in [2.75, 3.05) is 13.1 Å². The van der Waals surface area contributed by atoms with E-state index >= 15 is 0 Å². The summed E-state index contributed by atoms with van der Waals surface area (Å²) in [7, 11) is 0. The molecule has 0 unspecified atom stereocenters. The molecule has 0 saturated carbocycles. The lowest BCUT2D eigenvalue weighted by molar-refractivity contribution is 0.327. The van der Waals surface area contributed by atoms with Crippen molar-refractivity contribution in [3.63, 3.8) is 0 Å². The predicted molar refractivity (Wildman–Crippen MR) is 90.8 cm³/mol. The van der Waals surface area contributed by atoms with E-state index in [1.165, 1.54) is 5.56 Å². The number of rotatable bonds is 4. The smallest absolute Gasteiger partial charge is 0.124 e. The van der Waals surface area contributed by atoms with Crippen molar-refractivity contribution in [2.45, 2.75) is 19.0 Å². The number of nitrogens with zero attached hydrogens (tertiary/aromatic N) is 2. The van der Waals surface area contributed by atoms with Crippen LogP contribution in [0.5, 0.6) is 5.75 Å². The van der Waals surface area contributed by atoms with Gasteiger partial charge in [0.2, 0.25) is 0 Å². The van der Waals surface area contributed by atoms with Gasteiger partial charge < -0.3 is 5.11 Å². The van der Waals surface area contributed by atoms with Crippen LogP contribution in [0.15, 0.2) is 53.5 Å². The van der Waals surface area contributed by atoms with Crippen LogP contribution in [0, 0.1) is 0 Å². The molecule has 1 heterocycles. The maximum Gasteiger partial charge on any atom is 0.124 e. The Balaban J connectivity index is 1.59. The van der Waals surface area contributed by atoms with Gasteiger partial charge in [-0.3, -0.25) is 9.89 Å². The molecule has 0 spiro atoms. The Kier molecular flexibility index (Phi) is 4.76. The van der Waals surface area contributed by atoms with E-state index in [0.29, 0.717) is 10.6 Å². The summed E-state index contributed by atoms with van der Waals surface area (Å²) < 4.78 is 0. The molecule has 1 aliphatic rings. The molecule has 3 rings (SSSR count). The van der Waals surface area contributed by atoms with Crippen molar-refractivity contribution in [3.05, 3.63) is 64.7 Å². The van der Waals surface area contributed by atoms with Crippen LogP contribution in [0.2, 0.25) is 5.02 Å². The van der Waals surface area contributed by atoms with Gasteiger partial charge in [0.25, 0.3) is 0 Å². The minimum absolute atomic E-state index is 0.215. The Morgan fingerprint density at radius 1 is 1.23 bits per heavy atom. The number of halogens is 1. The monoisotopic (exact) mass is 314 g/mol. The van der Waals surface area contributed by atoms with Crippen LogP contribution < -0.4 is 0 Å². The van der Waals surface area contributed by atoms with Gasteiger partial charge in [0.15, 0.2) is 0 Å². The van der Waals surface area contributed by atoms with Crippen LogP contribution >= 0.6 is 11.6 Å². The molecule has 1 N–H and O–H groups in total. The molecule has 0 radical (unpaired) electrons. The SMILES string of the molecule is Oc1ccc(Cl)cc1C=N[C@@H]1CCN(Cc2ccccc2)C1. The highest BCUT2D eigenvalue weighted by molar-refractivity contribution is 6.30. The van der Waals surface area contributed by atoms with Gasteiger partial charge in [-0.05, 0) is 30.2 Å². The molecule has 114 valence electrons. The first-order valence-electron chi connectivity index (χ1n) is 7.49. The third kappa shape index (κ3) is 3.87. The largest absolute Gasteiger partial charge is 0.507 e. The quantitative estimate of drug-likeness (QED) is 0.873. The molecule has 1 aliphatic heterocycles. The lowest BCUT2D eigenvalue weighted by Gasteiger charge is -2.14. The average molecular weight is 315 g/mol. The minimum atomic E-state index is 0.215. The van der Waals surface area contributed by atoms with Gasteiger partial charge >= 0.3 is 0 Å². The van der Waals surface area contributed by atoms with E-state index in [4.69, 9.17) is 11.6 Å². The van der Waals surface area contributed by atoms with Crippen molar-refractivity contribution < 1.29 is 5.11 Å². The van der Waals surface area contributed by atoms with Gasteiger partial charge in [-0.1, -0.05) is 41.9 Å². The third-order valence-corrected chi connectivity index (χ3v) is 4.15. The van der Waals surface area contributed by atoms with Gasteiger partial charge in [-0.2, -0.15) is 0 Å². The first-order chi connectivity index (χ1) is 10.7. The van der Waals surface area contributed by atoms with E-state index in [1.54, 1.807) is 24.4 Å². The zero-order valence-electron chi connectivity index (χ0n) is 12.3. The van der Waals surface area contributed by atoms with Crippen molar-refractivity contribution in [1.82, 2.24) is 4.90 Å². The third-order valence-electron chi connectivity index (χ3n) is 3.91. The van der Waals surface area contributed by atoms with Gasteiger partial charge in [0.05, 0.1) is 6.04 Å². The van der Waals surface area contributed by atoms with Crippen LogP contribution in [0.1, 0.15) is 17.5 Å². The van der Waals surface area contributed by atoms with Crippen LogP contribution in [-0.4, -0.2) is 35.4 Å². The fraction of sp³-hybridized carbons (Fsp3) is 0.278. The zero-order chi connectivity index (χ0) is 15.4. The number of phenols is 1. The molecule has 0 aliphatic carbocycles. The molecule has 22 heavy (non-hydrogen) atoms. The van der Waals surface area contributed by atoms with E-state index in [1.807, 2.05) is 6.07 Å². The minimum Gasteiger partial charge on any atom is -0.507 e. The molecule has 4 heteroatoms. The van der Waals surface area contributed by atoms with E-state index in [9.17, 15) is 5.11 Å². The number of likely N-dealkylation sites (tertiary alicyclic amines) is 1.